The molecular formula is C19H29ClN4O2. The average Bonchev–Trinajstić information content (AvgIpc) is 2.69. The van der Waals surface area contributed by atoms with Crippen LogP contribution in [-0.2, 0) is 4.79 Å². The van der Waals surface area contributed by atoms with E-state index in [9.17, 15) is 9.59 Å². The molecule has 2 aliphatic rings. The average molecular weight is 381 g/mol. The Morgan fingerprint density at radius 1 is 1.12 bits per heavy atom. The van der Waals surface area contributed by atoms with Gasteiger partial charge in [0.1, 0.15) is 0 Å². The first-order chi connectivity index (χ1) is 12.2. The molecule has 3 rings (SSSR count). The smallest absolute Gasteiger partial charge is 0.253 e. The van der Waals surface area contributed by atoms with Gasteiger partial charge in [0.2, 0.25) is 5.91 Å². The van der Waals surface area contributed by atoms with E-state index in [2.05, 4.69) is 15.5 Å². The van der Waals surface area contributed by atoms with Crippen LogP contribution in [0.4, 0.5) is 0 Å². The van der Waals surface area contributed by atoms with Gasteiger partial charge in [0.05, 0.1) is 5.92 Å². The topological polar surface area (TPSA) is 64.7 Å². The number of piperazine rings is 1. The summed E-state index contributed by atoms with van der Waals surface area (Å²) in [5, 5.41) is 6.39. The Labute approximate surface area is 161 Å². The van der Waals surface area contributed by atoms with Crippen molar-refractivity contribution in [3.8, 4) is 0 Å². The van der Waals surface area contributed by atoms with Crippen molar-refractivity contribution in [2.45, 2.75) is 12.8 Å². The highest BCUT2D eigenvalue weighted by Gasteiger charge is 2.28. The molecule has 0 bridgehead atoms. The fourth-order valence-electron chi connectivity index (χ4n) is 3.56. The summed E-state index contributed by atoms with van der Waals surface area (Å²) in [5.41, 5.74) is 0.697. The molecule has 6 nitrogen and oxygen atoms in total. The summed E-state index contributed by atoms with van der Waals surface area (Å²) in [6.45, 7) is 6.96. The molecule has 0 aromatic heterocycles. The van der Waals surface area contributed by atoms with E-state index in [-0.39, 0.29) is 30.1 Å². The summed E-state index contributed by atoms with van der Waals surface area (Å²) in [4.78, 5) is 29.2. The molecule has 1 aromatic carbocycles. The zero-order valence-electron chi connectivity index (χ0n) is 15.2. The van der Waals surface area contributed by atoms with Gasteiger partial charge in [-0.05, 0) is 25.0 Å². The second-order valence-corrected chi connectivity index (χ2v) is 6.84. The lowest BCUT2D eigenvalue weighted by molar-refractivity contribution is -0.126. The number of carbonyl (C=O) groups excluding carboxylic acids is 2. The highest BCUT2D eigenvalue weighted by Crippen LogP contribution is 2.18. The van der Waals surface area contributed by atoms with Crippen LogP contribution in [0.1, 0.15) is 23.2 Å². The largest absolute Gasteiger partial charge is 0.355 e. The lowest BCUT2D eigenvalue weighted by Crippen LogP contribution is -2.48. The first kappa shape index (κ1) is 20.7. The molecule has 2 aliphatic heterocycles. The summed E-state index contributed by atoms with van der Waals surface area (Å²) >= 11 is 0. The normalized spacial score (nSPS) is 20.9. The zero-order chi connectivity index (χ0) is 17.5. The first-order valence-electron chi connectivity index (χ1n) is 9.29. The lowest BCUT2D eigenvalue weighted by atomic mass is 9.96. The quantitative estimate of drug-likeness (QED) is 0.799. The third-order valence-corrected chi connectivity index (χ3v) is 5.04. The fourth-order valence-corrected chi connectivity index (χ4v) is 3.56. The molecule has 2 amide bonds. The van der Waals surface area contributed by atoms with E-state index in [1.54, 1.807) is 0 Å². The third-order valence-electron chi connectivity index (χ3n) is 5.04. The fraction of sp³-hybridized carbons (Fsp3) is 0.579. The molecular weight excluding hydrogens is 352 g/mol. The maximum atomic E-state index is 12.6. The molecule has 2 saturated heterocycles. The second-order valence-electron chi connectivity index (χ2n) is 6.84. The Balaban J connectivity index is 0.00000243. The molecule has 26 heavy (non-hydrogen) atoms. The Bertz CT molecular complexity index is 578. The highest BCUT2D eigenvalue weighted by atomic mass is 35.5. The SMILES string of the molecule is Cl.O=C(NCCN1CCNCC1)C1CCCN(C(=O)c2ccccc2)C1. The predicted molar refractivity (Wildman–Crippen MR) is 105 cm³/mol. The highest BCUT2D eigenvalue weighted by molar-refractivity contribution is 5.94. The molecule has 0 radical (unpaired) electrons. The Hall–Kier alpha value is -1.63. The zero-order valence-corrected chi connectivity index (χ0v) is 16.0. The number of nitrogens with zero attached hydrogens (tertiary/aromatic N) is 2. The molecule has 144 valence electrons. The van der Waals surface area contributed by atoms with Crippen molar-refractivity contribution in [1.29, 1.82) is 0 Å². The number of rotatable bonds is 5. The van der Waals surface area contributed by atoms with Crippen molar-refractivity contribution >= 4 is 24.2 Å². The Kier molecular flexibility index (Phi) is 8.35. The van der Waals surface area contributed by atoms with Crippen molar-refractivity contribution in [3.63, 3.8) is 0 Å². The van der Waals surface area contributed by atoms with E-state index in [1.165, 1.54) is 0 Å². The van der Waals surface area contributed by atoms with Crippen LogP contribution in [0.3, 0.4) is 0 Å². The minimum Gasteiger partial charge on any atom is -0.355 e. The maximum Gasteiger partial charge on any atom is 0.253 e. The molecule has 1 unspecified atom stereocenters. The van der Waals surface area contributed by atoms with Crippen LogP contribution in [0.25, 0.3) is 0 Å². The molecule has 0 aliphatic carbocycles. The van der Waals surface area contributed by atoms with Crippen molar-refractivity contribution in [3.05, 3.63) is 35.9 Å². The molecule has 1 aromatic rings. The molecule has 0 spiro atoms. The number of benzene rings is 1. The van der Waals surface area contributed by atoms with Crippen LogP contribution in [0.5, 0.6) is 0 Å². The van der Waals surface area contributed by atoms with E-state index in [0.29, 0.717) is 18.7 Å². The van der Waals surface area contributed by atoms with Gasteiger partial charge in [0.25, 0.3) is 5.91 Å². The number of piperidine rings is 1. The summed E-state index contributed by atoms with van der Waals surface area (Å²) in [6.07, 6.45) is 1.74. The van der Waals surface area contributed by atoms with Crippen LogP contribution in [0.2, 0.25) is 0 Å². The number of hydrogen-bond donors (Lipinski definition) is 2. The van der Waals surface area contributed by atoms with Gasteiger partial charge in [-0.15, -0.1) is 12.4 Å². The Morgan fingerprint density at radius 2 is 1.85 bits per heavy atom. The number of likely N-dealkylation sites (tertiary alicyclic amines) is 1. The van der Waals surface area contributed by atoms with Gasteiger partial charge < -0.3 is 15.5 Å². The molecule has 7 heteroatoms. The van der Waals surface area contributed by atoms with Crippen LogP contribution < -0.4 is 10.6 Å². The van der Waals surface area contributed by atoms with Gasteiger partial charge in [-0.2, -0.15) is 0 Å². The molecule has 2 fully saturated rings. The van der Waals surface area contributed by atoms with Gasteiger partial charge in [0.15, 0.2) is 0 Å². The Morgan fingerprint density at radius 3 is 2.58 bits per heavy atom. The molecule has 0 saturated carbocycles. The van der Waals surface area contributed by atoms with E-state index in [1.807, 2.05) is 35.2 Å². The van der Waals surface area contributed by atoms with Gasteiger partial charge in [-0.1, -0.05) is 18.2 Å². The van der Waals surface area contributed by atoms with Gasteiger partial charge in [-0.25, -0.2) is 0 Å². The summed E-state index contributed by atoms with van der Waals surface area (Å²) < 4.78 is 0. The summed E-state index contributed by atoms with van der Waals surface area (Å²) in [7, 11) is 0. The van der Waals surface area contributed by atoms with Gasteiger partial charge >= 0.3 is 0 Å². The van der Waals surface area contributed by atoms with E-state index in [0.717, 1.165) is 52.1 Å². The summed E-state index contributed by atoms with van der Waals surface area (Å²) in [6, 6.07) is 9.32. The second kappa shape index (κ2) is 10.5. The minimum atomic E-state index is -0.0931. The van der Waals surface area contributed by atoms with Crippen molar-refractivity contribution in [2.75, 3.05) is 52.4 Å². The lowest BCUT2D eigenvalue weighted by Gasteiger charge is -2.32. The van der Waals surface area contributed by atoms with E-state index < -0.39 is 0 Å². The predicted octanol–water partition coefficient (Wildman–Crippen LogP) is 0.982. The molecule has 1 atom stereocenters. The number of nitrogens with one attached hydrogen (secondary N) is 2. The monoisotopic (exact) mass is 380 g/mol. The van der Waals surface area contributed by atoms with Gasteiger partial charge in [-0.3, -0.25) is 14.5 Å². The van der Waals surface area contributed by atoms with Crippen LogP contribution in [0.15, 0.2) is 30.3 Å². The first-order valence-corrected chi connectivity index (χ1v) is 9.29. The van der Waals surface area contributed by atoms with Crippen LogP contribution in [-0.4, -0.2) is 74.0 Å². The van der Waals surface area contributed by atoms with Crippen LogP contribution in [0, 0.1) is 5.92 Å². The number of halogens is 1. The maximum absolute atomic E-state index is 12.6. The van der Waals surface area contributed by atoms with Crippen LogP contribution >= 0.6 is 12.4 Å². The summed E-state index contributed by atoms with van der Waals surface area (Å²) in [5.74, 6) is 0.0176. The minimum absolute atomic E-state index is 0. The standard InChI is InChI=1S/C19H28N4O2.ClH/c24-18(21-10-14-22-12-8-20-9-13-22)17-7-4-11-23(15-17)19(25)16-5-2-1-3-6-16;/h1-3,5-6,17,20H,4,7-15H2,(H,21,24);1H. The van der Waals surface area contributed by atoms with Gasteiger partial charge in [0, 0.05) is 57.9 Å². The number of amides is 2. The molecule has 2 N–H and O–H groups in total. The number of carbonyl (C=O) groups is 2. The van der Waals surface area contributed by atoms with Crippen molar-refractivity contribution in [1.82, 2.24) is 20.4 Å². The van der Waals surface area contributed by atoms with E-state index in [4.69, 9.17) is 0 Å². The molecule has 2 heterocycles. The third kappa shape index (κ3) is 5.69. The van der Waals surface area contributed by atoms with Crippen molar-refractivity contribution < 1.29 is 9.59 Å². The number of hydrogen-bond acceptors (Lipinski definition) is 4. The van der Waals surface area contributed by atoms with E-state index >= 15 is 0 Å². The van der Waals surface area contributed by atoms with Crippen molar-refractivity contribution in [2.24, 2.45) is 5.92 Å².